The number of piperidine rings is 1. The van der Waals surface area contributed by atoms with Crippen molar-refractivity contribution in [2.75, 3.05) is 19.7 Å². The standard InChI is InChI=1S/C16H17ClN2O4/c17-12-3-1-11(2-4-12)9-14(20)18-7-5-13(6-8-18)19-15(21)10-23-16(19)22/h1-4,13H,5-10H2. The maximum Gasteiger partial charge on any atom is 0.417 e. The van der Waals surface area contributed by atoms with E-state index in [0.29, 0.717) is 37.4 Å². The zero-order chi connectivity index (χ0) is 16.4. The molecule has 0 saturated carbocycles. The summed E-state index contributed by atoms with van der Waals surface area (Å²) in [5.74, 6) is -0.248. The van der Waals surface area contributed by atoms with Crippen LogP contribution in [0.3, 0.4) is 0 Å². The van der Waals surface area contributed by atoms with Crippen molar-refractivity contribution in [3.63, 3.8) is 0 Å². The Labute approximate surface area is 138 Å². The van der Waals surface area contributed by atoms with E-state index < -0.39 is 6.09 Å². The fourth-order valence-electron chi connectivity index (χ4n) is 2.98. The van der Waals surface area contributed by atoms with Crippen molar-refractivity contribution >= 4 is 29.5 Å². The quantitative estimate of drug-likeness (QED) is 0.845. The van der Waals surface area contributed by atoms with Crippen LogP contribution in [0.5, 0.6) is 0 Å². The minimum Gasteiger partial charge on any atom is -0.439 e. The van der Waals surface area contributed by atoms with Crippen LogP contribution in [0.1, 0.15) is 18.4 Å². The smallest absolute Gasteiger partial charge is 0.417 e. The lowest BCUT2D eigenvalue weighted by molar-refractivity contribution is -0.132. The van der Waals surface area contributed by atoms with Crippen molar-refractivity contribution in [3.05, 3.63) is 34.9 Å². The average molecular weight is 337 g/mol. The van der Waals surface area contributed by atoms with Gasteiger partial charge in [0, 0.05) is 24.2 Å². The van der Waals surface area contributed by atoms with Gasteiger partial charge in [0.25, 0.3) is 5.91 Å². The molecule has 7 heteroatoms. The summed E-state index contributed by atoms with van der Waals surface area (Å²) in [5, 5.41) is 0.643. The maximum atomic E-state index is 12.3. The average Bonchev–Trinajstić information content (AvgIpc) is 2.88. The van der Waals surface area contributed by atoms with Crippen LogP contribution in [0.25, 0.3) is 0 Å². The topological polar surface area (TPSA) is 66.9 Å². The lowest BCUT2D eigenvalue weighted by Gasteiger charge is -2.34. The Balaban J connectivity index is 1.54. The third kappa shape index (κ3) is 3.47. The van der Waals surface area contributed by atoms with Crippen molar-refractivity contribution in [2.45, 2.75) is 25.3 Å². The van der Waals surface area contributed by atoms with Gasteiger partial charge in [-0.05, 0) is 30.5 Å². The molecule has 0 unspecified atom stereocenters. The van der Waals surface area contributed by atoms with Gasteiger partial charge in [-0.2, -0.15) is 0 Å². The van der Waals surface area contributed by atoms with E-state index in [1.165, 1.54) is 4.90 Å². The van der Waals surface area contributed by atoms with Crippen LogP contribution >= 0.6 is 11.6 Å². The van der Waals surface area contributed by atoms with Crippen LogP contribution in [0.4, 0.5) is 4.79 Å². The van der Waals surface area contributed by atoms with Gasteiger partial charge in [-0.15, -0.1) is 0 Å². The maximum absolute atomic E-state index is 12.3. The molecule has 0 N–H and O–H groups in total. The van der Waals surface area contributed by atoms with Gasteiger partial charge in [-0.25, -0.2) is 9.69 Å². The largest absolute Gasteiger partial charge is 0.439 e. The molecule has 122 valence electrons. The van der Waals surface area contributed by atoms with Crippen molar-refractivity contribution in [2.24, 2.45) is 0 Å². The van der Waals surface area contributed by atoms with Gasteiger partial charge >= 0.3 is 6.09 Å². The molecule has 0 aromatic heterocycles. The Morgan fingerprint density at radius 1 is 1.17 bits per heavy atom. The zero-order valence-corrected chi connectivity index (χ0v) is 13.3. The first kappa shape index (κ1) is 15.8. The highest BCUT2D eigenvalue weighted by molar-refractivity contribution is 6.30. The minimum atomic E-state index is -0.569. The Hall–Kier alpha value is -2.08. The molecule has 0 bridgehead atoms. The van der Waals surface area contributed by atoms with Gasteiger partial charge in [-0.3, -0.25) is 9.59 Å². The van der Waals surface area contributed by atoms with Crippen LogP contribution in [-0.2, 0) is 20.7 Å². The molecule has 0 radical (unpaired) electrons. The molecule has 0 atom stereocenters. The van der Waals surface area contributed by atoms with Crippen molar-refractivity contribution in [1.82, 2.24) is 9.80 Å². The Morgan fingerprint density at radius 3 is 2.39 bits per heavy atom. The molecule has 2 fully saturated rings. The van der Waals surface area contributed by atoms with Gasteiger partial charge in [-0.1, -0.05) is 23.7 Å². The van der Waals surface area contributed by atoms with Crippen molar-refractivity contribution in [1.29, 1.82) is 0 Å². The fraction of sp³-hybridized carbons (Fsp3) is 0.438. The second-order valence-corrected chi connectivity index (χ2v) is 6.17. The van der Waals surface area contributed by atoms with E-state index in [1.807, 2.05) is 12.1 Å². The minimum absolute atomic E-state index is 0.0427. The summed E-state index contributed by atoms with van der Waals surface area (Å²) >= 11 is 5.83. The molecule has 2 aliphatic heterocycles. The van der Waals surface area contributed by atoms with E-state index in [-0.39, 0.29) is 24.5 Å². The molecule has 3 rings (SSSR count). The number of amides is 3. The molecular weight excluding hydrogens is 320 g/mol. The van der Waals surface area contributed by atoms with Crippen LogP contribution < -0.4 is 0 Å². The van der Waals surface area contributed by atoms with Gasteiger partial charge in [0.15, 0.2) is 6.61 Å². The number of ether oxygens (including phenoxy) is 1. The predicted octanol–water partition coefficient (Wildman–Crippen LogP) is 1.85. The number of nitrogens with zero attached hydrogens (tertiary/aromatic N) is 2. The number of likely N-dealkylation sites (tertiary alicyclic amines) is 1. The van der Waals surface area contributed by atoms with Crippen LogP contribution in [-0.4, -0.2) is 53.4 Å². The van der Waals surface area contributed by atoms with Gasteiger partial charge in [0.1, 0.15) is 0 Å². The Kier molecular flexibility index (Phi) is 4.52. The van der Waals surface area contributed by atoms with Gasteiger partial charge in [0.2, 0.25) is 5.91 Å². The number of rotatable bonds is 3. The lowest BCUT2D eigenvalue weighted by atomic mass is 10.0. The number of hydrogen-bond acceptors (Lipinski definition) is 4. The first-order chi connectivity index (χ1) is 11.0. The Bertz CT molecular complexity index is 607. The highest BCUT2D eigenvalue weighted by Gasteiger charge is 2.38. The van der Waals surface area contributed by atoms with Crippen LogP contribution in [0, 0.1) is 0 Å². The third-order valence-electron chi connectivity index (χ3n) is 4.24. The molecule has 1 aromatic rings. The summed E-state index contributed by atoms with van der Waals surface area (Å²) in [5.41, 5.74) is 0.917. The molecule has 3 amide bonds. The van der Waals surface area contributed by atoms with Crippen molar-refractivity contribution < 1.29 is 19.1 Å². The number of halogens is 1. The molecule has 2 aliphatic rings. The molecule has 1 aromatic carbocycles. The van der Waals surface area contributed by atoms with E-state index in [2.05, 4.69) is 0 Å². The molecule has 0 aliphatic carbocycles. The van der Waals surface area contributed by atoms with E-state index >= 15 is 0 Å². The number of carbonyl (C=O) groups excluding carboxylic acids is 3. The van der Waals surface area contributed by atoms with Gasteiger partial charge < -0.3 is 9.64 Å². The summed E-state index contributed by atoms with van der Waals surface area (Å²) in [4.78, 5) is 38.5. The SMILES string of the molecule is O=C(Cc1ccc(Cl)cc1)N1CCC(N2C(=O)COC2=O)CC1. The molecule has 2 saturated heterocycles. The summed E-state index contributed by atoms with van der Waals surface area (Å²) in [7, 11) is 0. The lowest BCUT2D eigenvalue weighted by Crippen LogP contribution is -2.48. The number of imide groups is 1. The number of hydrogen-bond donors (Lipinski definition) is 0. The Morgan fingerprint density at radius 2 is 1.83 bits per heavy atom. The first-order valence-electron chi connectivity index (χ1n) is 7.55. The number of cyclic esters (lactones) is 1. The molecular formula is C16H17ClN2O4. The monoisotopic (exact) mass is 336 g/mol. The second kappa shape index (κ2) is 6.58. The number of carbonyl (C=O) groups is 3. The zero-order valence-electron chi connectivity index (χ0n) is 12.5. The summed E-state index contributed by atoms with van der Waals surface area (Å²) in [6.45, 7) is 0.900. The number of benzene rings is 1. The highest BCUT2D eigenvalue weighted by atomic mass is 35.5. The fourth-order valence-corrected chi connectivity index (χ4v) is 3.11. The third-order valence-corrected chi connectivity index (χ3v) is 4.49. The predicted molar refractivity (Wildman–Crippen MR) is 83.0 cm³/mol. The van der Waals surface area contributed by atoms with Crippen molar-refractivity contribution in [3.8, 4) is 0 Å². The highest BCUT2D eigenvalue weighted by Crippen LogP contribution is 2.21. The normalized spacial score (nSPS) is 19.2. The van der Waals surface area contributed by atoms with E-state index in [0.717, 1.165) is 5.56 Å². The van der Waals surface area contributed by atoms with E-state index in [1.54, 1.807) is 17.0 Å². The van der Waals surface area contributed by atoms with Crippen LogP contribution in [0.2, 0.25) is 5.02 Å². The molecule has 0 spiro atoms. The summed E-state index contributed by atoms with van der Waals surface area (Å²) in [6, 6.07) is 7.04. The van der Waals surface area contributed by atoms with Gasteiger partial charge in [0.05, 0.1) is 6.42 Å². The molecule has 23 heavy (non-hydrogen) atoms. The van der Waals surface area contributed by atoms with Crippen LogP contribution in [0.15, 0.2) is 24.3 Å². The first-order valence-corrected chi connectivity index (χ1v) is 7.93. The molecule has 6 nitrogen and oxygen atoms in total. The summed E-state index contributed by atoms with van der Waals surface area (Å²) < 4.78 is 4.74. The summed E-state index contributed by atoms with van der Waals surface area (Å²) in [6.07, 6.45) is 0.938. The second-order valence-electron chi connectivity index (χ2n) is 5.73. The van der Waals surface area contributed by atoms with E-state index in [9.17, 15) is 14.4 Å². The molecule has 2 heterocycles. The van der Waals surface area contributed by atoms with E-state index in [4.69, 9.17) is 16.3 Å².